The molecule has 0 spiro atoms. The lowest BCUT2D eigenvalue weighted by Crippen LogP contribution is -2.30. The molecule has 1 atom stereocenters. The molecule has 4 nitrogen and oxygen atoms in total. The van der Waals surface area contributed by atoms with Crippen LogP contribution in [0.3, 0.4) is 0 Å². The van der Waals surface area contributed by atoms with Crippen molar-refractivity contribution < 1.29 is 0 Å². The highest BCUT2D eigenvalue weighted by Crippen LogP contribution is 2.18. The van der Waals surface area contributed by atoms with Crippen LogP contribution in [0.1, 0.15) is 19.0 Å². The van der Waals surface area contributed by atoms with Crippen molar-refractivity contribution in [1.29, 1.82) is 0 Å². The van der Waals surface area contributed by atoms with E-state index in [0.717, 1.165) is 29.4 Å². The number of nitrogens with one attached hydrogen (secondary N) is 1. The molecule has 0 saturated carbocycles. The van der Waals surface area contributed by atoms with E-state index >= 15 is 0 Å². The molecule has 1 fully saturated rings. The van der Waals surface area contributed by atoms with Crippen LogP contribution in [-0.4, -0.2) is 16.1 Å². The first-order chi connectivity index (χ1) is 8.25. The van der Waals surface area contributed by atoms with Gasteiger partial charge in [-0.3, -0.25) is 14.7 Å². The van der Waals surface area contributed by atoms with E-state index in [1.54, 1.807) is 10.9 Å². The van der Waals surface area contributed by atoms with Gasteiger partial charge < -0.3 is 0 Å². The Morgan fingerprint density at radius 2 is 2.35 bits per heavy atom. The molecule has 1 aromatic heterocycles. The van der Waals surface area contributed by atoms with Gasteiger partial charge in [0.15, 0.2) is 0 Å². The number of aromatic nitrogens is 2. The molecule has 1 aliphatic rings. The number of hydrogen-bond donors (Lipinski definition) is 1. The Morgan fingerprint density at radius 3 is 3.12 bits per heavy atom. The second-order valence-electron chi connectivity index (χ2n) is 4.23. The summed E-state index contributed by atoms with van der Waals surface area (Å²) in [5.74, 6) is 0. The second kappa shape index (κ2) is 4.23. The van der Waals surface area contributed by atoms with E-state index in [4.69, 9.17) is 0 Å². The van der Waals surface area contributed by atoms with Crippen LogP contribution in [0.2, 0.25) is 0 Å². The predicted octanol–water partition coefficient (Wildman–Crippen LogP) is 2.04. The zero-order valence-electron chi connectivity index (χ0n) is 9.19. The fraction of sp³-hybridized carbons (Fsp3) is 0.333. The quantitative estimate of drug-likeness (QED) is 0.875. The van der Waals surface area contributed by atoms with Crippen LogP contribution in [0, 0.1) is 0 Å². The van der Waals surface area contributed by atoms with Gasteiger partial charge in [0, 0.05) is 4.47 Å². The van der Waals surface area contributed by atoms with E-state index in [0.29, 0.717) is 5.39 Å². The Labute approximate surface area is 107 Å². The number of fused-ring (bicyclic) bond motifs is 1. The summed E-state index contributed by atoms with van der Waals surface area (Å²) >= 11 is 3.38. The average Bonchev–Trinajstić information content (AvgIpc) is 2.84. The molecule has 2 aromatic rings. The van der Waals surface area contributed by atoms with Gasteiger partial charge in [-0.1, -0.05) is 15.9 Å². The lowest BCUT2D eigenvalue weighted by molar-refractivity contribution is 0.453. The van der Waals surface area contributed by atoms with E-state index in [1.807, 2.05) is 18.2 Å². The summed E-state index contributed by atoms with van der Waals surface area (Å²) in [6, 6.07) is 5.58. The van der Waals surface area contributed by atoms with E-state index < -0.39 is 0 Å². The number of nitrogens with zero attached hydrogens (tertiary/aromatic N) is 2. The monoisotopic (exact) mass is 293 g/mol. The van der Waals surface area contributed by atoms with Crippen molar-refractivity contribution in [3.63, 3.8) is 0 Å². The summed E-state index contributed by atoms with van der Waals surface area (Å²) in [5.41, 5.74) is 0.767. The van der Waals surface area contributed by atoms with Crippen molar-refractivity contribution in [3.8, 4) is 0 Å². The number of benzene rings is 1. The Morgan fingerprint density at radius 1 is 1.47 bits per heavy atom. The van der Waals surface area contributed by atoms with Crippen molar-refractivity contribution in [2.45, 2.75) is 19.0 Å². The molecule has 5 heteroatoms. The zero-order valence-corrected chi connectivity index (χ0v) is 10.8. The predicted molar refractivity (Wildman–Crippen MR) is 70.0 cm³/mol. The van der Waals surface area contributed by atoms with Crippen LogP contribution < -0.4 is 10.9 Å². The smallest absolute Gasteiger partial charge is 0.262 e. The van der Waals surface area contributed by atoms with Crippen molar-refractivity contribution >= 4 is 26.8 Å². The molecule has 0 amide bonds. The van der Waals surface area contributed by atoms with E-state index in [1.165, 1.54) is 0 Å². The molecule has 3 rings (SSSR count). The van der Waals surface area contributed by atoms with Gasteiger partial charge in [0.05, 0.1) is 23.4 Å². The van der Waals surface area contributed by atoms with Crippen LogP contribution in [0.5, 0.6) is 0 Å². The minimum atomic E-state index is 0.0238. The average molecular weight is 294 g/mol. The Bertz CT molecular complexity index is 617. The van der Waals surface area contributed by atoms with Gasteiger partial charge in [-0.2, -0.15) is 0 Å². The first kappa shape index (κ1) is 10.9. The third-order valence-corrected chi connectivity index (χ3v) is 3.61. The third-order valence-electron chi connectivity index (χ3n) is 3.11. The lowest BCUT2D eigenvalue weighted by atomic mass is 10.2. The highest BCUT2D eigenvalue weighted by molar-refractivity contribution is 9.10. The van der Waals surface area contributed by atoms with Crippen LogP contribution in [0.25, 0.3) is 10.9 Å². The molecule has 88 valence electrons. The SMILES string of the molecule is O=c1c2cc(Br)ccc2ncn1C1CCCN1. The van der Waals surface area contributed by atoms with Crippen LogP contribution in [0.4, 0.5) is 0 Å². The summed E-state index contributed by atoms with van der Waals surface area (Å²) in [6.45, 7) is 0.966. The summed E-state index contributed by atoms with van der Waals surface area (Å²) in [5, 5.41) is 3.97. The third kappa shape index (κ3) is 1.89. The molecular weight excluding hydrogens is 282 g/mol. The maximum Gasteiger partial charge on any atom is 0.262 e. The highest BCUT2D eigenvalue weighted by Gasteiger charge is 2.17. The first-order valence-corrected chi connectivity index (χ1v) is 6.45. The molecule has 1 aromatic carbocycles. The standard InChI is InChI=1S/C12H12BrN3O/c13-8-3-4-10-9(6-8)12(17)16(7-15-10)11-2-1-5-14-11/h3-4,6-7,11,14H,1-2,5H2. The van der Waals surface area contributed by atoms with Gasteiger partial charge in [0.25, 0.3) is 5.56 Å². The molecule has 0 radical (unpaired) electrons. The Hall–Kier alpha value is -1.20. The fourth-order valence-corrected chi connectivity index (χ4v) is 2.59. The molecule has 1 saturated heterocycles. The van der Waals surface area contributed by atoms with Gasteiger partial charge in [0.1, 0.15) is 0 Å². The van der Waals surface area contributed by atoms with Crippen molar-refractivity contribution in [2.75, 3.05) is 6.54 Å². The fourth-order valence-electron chi connectivity index (χ4n) is 2.23. The number of hydrogen-bond acceptors (Lipinski definition) is 3. The Kier molecular flexibility index (Phi) is 2.72. The van der Waals surface area contributed by atoms with Crippen molar-refractivity contribution in [1.82, 2.24) is 14.9 Å². The Balaban J connectivity index is 2.21. The minimum Gasteiger partial charge on any atom is -0.297 e. The largest absolute Gasteiger partial charge is 0.297 e. The summed E-state index contributed by atoms with van der Waals surface area (Å²) < 4.78 is 2.60. The molecule has 0 aliphatic carbocycles. The van der Waals surface area contributed by atoms with Crippen LogP contribution in [0.15, 0.2) is 33.8 Å². The topological polar surface area (TPSA) is 46.9 Å². The highest BCUT2D eigenvalue weighted by atomic mass is 79.9. The molecule has 2 heterocycles. The van der Waals surface area contributed by atoms with E-state index in [9.17, 15) is 4.79 Å². The first-order valence-electron chi connectivity index (χ1n) is 5.65. The molecule has 0 bridgehead atoms. The maximum absolute atomic E-state index is 12.3. The number of halogens is 1. The molecule has 1 unspecified atom stereocenters. The summed E-state index contributed by atoms with van der Waals surface area (Å²) in [7, 11) is 0. The van der Waals surface area contributed by atoms with E-state index in [-0.39, 0.29) is 11.7 Å². The normalized spacial score (nSPS) is 19.9. The maximum atomic E-state index is 12.3. The summed E-state index contributed by atoms with van der Waals surface area (Å²) in [6.07, 6.45) is 3.83. The van der Waals surface area contributed by atoms with Crippen molar-refractivity contribution in [2.24, 2.45) is 0 Å². The zero-order chi connectivity index (χ0) is 11.8. The minimum absolute atomic E-state index is 0.0238. The summed E-state index contributed by atoms with van der Waals surface area (Å²) in [4.78, 5) is 16.7. The molecule has 1 N–H and O–H groups in total. The second-order valence-corrected chi connectivity index (χ2v) is 5.15. The van der Waals surface area contributed by atoms with Gasteiger partial charge in [-0.15, -0.1) is 0 Å². The van der Waals surface area contributed by atoms with Gasteiger partial charge in [-0.25, -0.2) is 4.98 Å². The number of rotatable bonds is 1. The van der Waals surface area contributed by atoms with Gasteiger partial charge in [-0.05, 0) is 37.6 Å². The van der Waals surface area contributed by atoms with E-state index in [2.05, 4.69) is 26.2 Å². The molecule has 1 aliphatic heterocycles. The van der Waals surface area contributed by atoms with Crippen LogP contribution in [-0.2, 0) is 0 Å². The van der Waals surface area contributed by atoms with Gasteiger partial charge in [0.2, 0.25) is 0 Å². The van der Waals surface area contributed by atoms with Crippen LogP contribution >= 0.6 is 15.9 Å². The molecule has 17 heavy (non-hydrogen) atoms. The van der Waals surface area contributed by atoms with Gasteiger partial charge >= 0.3 is 0 Å². The van der Waals surface area contributed by atoms with Crippen molar-refractivity contribution in [3.05, 3.63) is 39.4 Å². The molecular formula is C12H12BrN3O. The lowest BCUT2D eigenvalue weighted by Gasteiger charge is -2.13.